The summed E-state index contributed by atoms with van der Waals surface area (Å²) >= 11 is 1.60. The first kappa shape index (κ1) is 21.1. The average molecular weight is 436 g/mol. The van der Waals surface area contributed by atoms with E-state index in [0.717, 1.165) is 29.5 Å². The van der Waals surface area contributed by atoms with Gasteiger partial charge in [0, 0.05) is 48.4 Å². The zero-order chi connectivity index (χ0) is 21.8. The standard InChI is InChI=1S/C24H25N3O3S/c1-17(28)19-6-8-22(9-7-19)26-10-12-27(13-11-26)24(29)20-4-3-5-23(14-20)30-15-21-16-31-18(2)25-21/h3-9,14,16H,10-13,15H2,1-2H3. The van der Waals surface area contributed by atoms with E-state index in [-0.39, 0.29) is 11.7 Å². The number of ketones is 1. The van der Waals surface area contributed by atoms with Gasteiger partial charge in [0.2, 0.25) is 0 Å². The van der Waals surface area contributed by atoms with Crippen LogP contribution in [0, 0.1) is 6.92 Å². The van der Waals surface area contributed by atoms with Crippen LogP contribution in [0.2, 0.25) is 0 Å². The summed E-state index contributed by atoms with van der Waals surface area (Å²) in [5.41, 5.74) is 3.31. The number of Topliss-reactive ketones (excluding diaryl/α,β-unsaturated/α-hetero) is 1. The summed E-state index contributed by atoms with van der Waals surface area (Å²) in [5, 5.41) is 2.99. The first-order chi connectivity index (χ1) is 15.0. The minimum atomic E-state index is 0.0153. The van der Waals surface area contributed by atoms with Crippen molar-refractivity contribution in [3.8, 4) is 5.75 Å². The van der Waals surface area contributed by atoms with Gasteiger partial charge in [0.15, 0.2) is 5.78 Å². The maximum Gasteiger partial charge on any atom is 0.254 e. The molecular formula is C24H25N3O3S. The summed E-state index contributed by atoms with van der Waals surface area (Å²) in [6, 6.07) is 15.0. The van der Waals surface area contributed by atoms with E-state index in [0.29, 0.717) is 36.6 Å². The lowest BCUT2D eigenvalue weighted by Crippen LogP contribution is -2.48. The average Bonchev–Trinajstić information content (AvgIpc) is 3.22. The van der Waals surface area contributed by atoms with E-state index in [4.69, 9.17) is 4.74 Å². The van der Waals surface area contributed by atoms with Gasteiger partial charge in [0.25, 0.3) is 5.91 Å². The molecule has 1 saturated heterocycles. The number of aryl methyl sites for hydroxylation is 1. The van der Waals surface area contributed by atoms with Crippen LogP contribution in [0.25, 0.3) is 0 Å². The molecule has 6 nitrogen and oxygen atoms in total. The highest BCUT2D eigenvalue weighted by Crippen LogP contribution is 2.21. The first-order valence-electron chi connectivity index (χ1n) is 10.3. The Balaban J connectivity index is 1.34. The monoisotopic (exact) mass is 435 g/mol. The Morgan fingerprint density at radius 3 is 2.42 bits per heavy atom. The normalized spacial score (nSPS) is 13.9. The molecule has 0 saturated carbocycles. The predicted molar refractivity (Wildman–Crippen MR) is 122 cm³/mol. The summed E-state index contributed by atoms with van der Waals surface area (Å²) in [5.74, 6) is 0.747. The lowest BCUT2D eigenvalue weighted by molar-refractivity contribution is 0.0746. The van der Waals surface area contributed by atoms with Gasteiger partial charge in [-0.15, -0.1) is 11.3 Å². The highest BCUT2D eigenvalue weighted by molar-refractivity contribution is 7.09. The predicted octanol–water partition coefficient (Wildman–Crippen LogP) is 4.20. The molecule has 0 unspecified atom stereocenters. The number of carbonyl (C=O) groups excluding carboxylic acids is 2. The number of ether oxygens (including phenoxy) is 1. The van der Waals surface area contributed by atoms with E-state index in [1.165, 1.54) is 0 Å². The molecule has 4 rings (SSSR count). The third kappa shape index (κ3) is 5.11. The number of hydrogen-bond donors (Lipinski definition) is 0. The molecule has 1 fully saturated rings. The van der Waals surface area contributed by atoms with Crippen molar-refractivity contribution in [1.29, 1.82) is 0 Å². The number of thiazole rings is 1. The minimum absolute atomic E-state index is 0.0153. The number of aromatic nitrogens is 1. The van der Waals surface area contributed by atoms with E-state index >= 15 is 0 Å². The highest BCUT2D eigenvalue weighted by atomic mass is 32.1. The summed E-state index contributed by atoms with van der Waals surface area (Å²) in [6.45, 7) is 6.73. The Bertz CT molecular complexity index is 1070. The summed E-state index contributed by atoms with van der Waals surface area (Å²) in [7, 11) is 0. The van der Waals surface area contributed by atoms with Gasteiger partial charge in [-0.1, -0.05) is 6.07 Å². The third-order valence-corrected chi connectivity index (χ3v) is 6.16. The molecule has 1 aliphatic heterocycles. The number of amides is 1. The van der Waals surface area contributed by atoms with Gasteiger partial charge in [-0.25, -0.2) is 4.98 Å². The fourth-order valence-corrected chi connectivity index (χ4v) is 4.21. The van der Waals surface area contributed by atoms with E-state index in [9.17, 15) is 9.59 Å². The van der Waals surface area contributed by atoms with Crippen LogP contribution in [-0.4, -0.2) is 47.8 Å². The smallest absolute Gasteiger partial charge is 0.254 e. The Morgan fingerprint density at radius 1 is 1.03 bits per heavy atom. The molecule has 0 N–H and O–H groups in total. The zero-order valence-electron chi connectivity index (χ0n) is 17.7. The van der Waals surface area contributed by atoms with Crippen LogP contribution in [0.15, 0.2) is 53.9 Å². The highest BCUT2D eigenvalue weighted by Gasteiger charge is 2.22. The Labute approximate surface area is 186 Å². The molecule has 2 heterocycles. The second-order valence-corrected chi connectivity index (χ2v) is 8.62. The van der Waals surface area contributed by atoms with Crippen molar-refractivity contribution in [3.05, 3.63) is 75.7 Å². The van der Waals surface area contributed by atoms with Crippen molar-refractivity contribution in [2.24, 2.45) is 0 Å². The Morgan fingerprint density at radius 2 is 1.77 bits per heavy atom. The molecule has 0 spiro atoms. The fourth-order valence-electron chi connectivity index (χ4n) is 3.61. The number of hydrogen-bond acceptors (Lipinski definition) is 6. The maximum absolute atomic E-state index is 13.0. The van der Waals surface area contributed by atoms with Gasteiger partial charge < -0.3 is 14.5 Å². The summed E-state index contributed by atoms with van der Waals surface area (Å²) in [6.07, 6.45) is 0. The van der Waals surface area contributed by atoms with E-state index in [2.05, 4.69) is 9.88 Å². The van der Waals surface area contributed by atoms with Crippen LogP contribution in [0.4, 0.5) is 5.69 Å². The van der Waals surface area contributed by atoms with E-state index < -0.39 is 0 Å². The largest absolute Gasteiger partial charge is 0.487 e. The van der Waals surface area contributed by atoms with Crippen molar-refractivity contribution in [2.75, 3.05) is 31.1 Å². The van der Waals surface area contributed by atoms with Gasteiger partial charge in [0.1, 0.15) is 12.4 Å². The SMILES string of the molecule is CC(=O)c1ccc(N2CCN(C(=O)c3cccc(OCc4csc(C)n4)c3)CC2)cc1. The molecular weight excluding hydrogens is 410 g/mol. The van der Waals surface area contributed by atoms with E-state index in [1.807, 2.05) is 59.7 Å². The van der Waals surface area contributed by atoms with Crippen LogP contribution < -0.4 is 9.64 Å². The van der Waals surface area contributed by atoms with Gasteiger partial charge in [-0.05, 0) is 56.3 Å². The quantitative estimate of drug-likeness (QED) is 0.543. The molecule has 2 aromatic carbocycles. The number of benzene rings is 2. The second-order valence-electron chi connectivity index (χ2n) is 7.56. The van der Waals surface area contributed by atoms with Gasteiger partial charge in [-0.2, -0.15) is 0 Å². The van der Waals surface area contributed by atoms with Gasteiger partial charge >= 0.3 is 0 Å². The Hall–Kier alpha value is -3.19. The molecule has 0 aliphatic carbocycles. The maximum atomic E-state index is 13.0. The molecule has 3 aromatic rings. The lowest BCUT2D eigenvalue weighted by Gasteiger charge is -2.36. The lowest BCUT2D eigenvalue weighted by atomic mass is 10.1. The van der Waals surface area contributed by atoms with Gasteiger partial charge in [-0.3, -0.25) is 9.59 Å². The zero-order valence-corrected chi connectivity index (χ0v) is 18.5. The number of nitrogens with zero attached hydrogens (tertiary/aromatic N) is 3. The molecule has 7 heteroatoms. The van der Waals surface area contributed by atoms with Crippen molar-refractivity contribution in [1.82, 2.24) is 9.88 Å². The minimum Gasteiger partial charge on any atom is -0.487 e. The number of rotatable bonds is 6. The fraction of sp³-hybridized carbons (Fsp3) is 0.292. The number of carbonyl (C=O) groups is 2. The topological polar surface area (TPSA) is 62.7 Å². The summed E-state index contributed by atoms with van der Waals surface area (Å²) in [4.78, 5) is 33.0. The first-order valence-corrected chi connectivity index (χ1v) is 11.2. The molecule has 0 radical (unpaired) electrons. The van der Waals surface area contributed by atoms with Crippen LogP contribution in [-0.2, 0) is 6.61 Å². The molecule has 1 aromatic heterocycles. The van der Waals surface area contributed by atoms with Crippen LogP contribution in [0.1, 0.15) is 38.3 Å². The van der Waals surface area contributed by atoms with Crippen LogP contribution >= 0.6 is 11.3 Å². The number of anilines is 1. The van der Waals surface area contributed by atoms with Crippen molar-refractivity contribution < 1.29 is 14.3 Å². The second kappa shape index (κ2) is 9.31. The van der Waals surface area contributed by atoms with Gasteiger partial charge in [0.05, 0.1) is 10.7 Å². The van der Waals surface area contributed by atoms with Crippen molar-refractivity contribution >= 4 is 28.7 Å². The van der Waals surface area contributed by atoms with E-state index in [1.54, 1.807) is 24.3 Å². The molecule has 0 bridgehead atoms. The van der Waals surface area contributed by atoms with Crippen molar-refractivity contribution in [3.63, 3.8) is 0 Å². The molecule has 1 aliphatic rings. The summed E-state index contributed by atoms with van der Waals surface area (Å²) < 4.78 is 5.83. The van der Waals surface area contributed by atoms with Crippen molar-refractivity contribution in [2.45, 2.75) is 20.5 Å². The van der Waals surface area contributed by atoms with Crippen LogP contribution in [0.3, 0.4) is 0 Å². The molecule has 31 heavy (non-hydrogen) atoms. The molecule has 1 amide bonds. The Kier molecular flexibility index (Phi) is 6.32. The third-order valence-electron chi connectivity index (χ3n) is 5.34. The number of piperazine rings is 1. The van der Waals surface area contributed by atoms with Crippen LogP contribution in [0.5, 0.6) is 5.75 Å². The molecule has 160 valence electrons. The molecule has 0 atom stereocenters.